The van der Waals surface area contributed by atoms with Crippen LogP contribution in [0.5, 0.6) is 5.75 Å². The molecule has 1 aromatic rings. The Labute approximate surface area is 80.9 Å². The molecule has 0 saturated carbocycles. The average Bonchev–Trinajstić information content (AvgIpc) is 2.64. The van der Waals surface area contributed by atoms with Gasteiger partial charge in [0.05, 0.1) is 0 Å². The van der Waals surface area contributed by atoms with Crippen molar-refractivity contribution in [3.63, 3.8) is 0 Å². The van der Waals surface area contributed by atoms with E-state index in [0.717, 1.165) is 31.6 Å². The first-order valence-corrected chi connectivity index (χ1v) is 4.58. The van der Waals surface area contributed by atoms with Gasteiger partial charge in [0, 0.05) is 12.6 Å². The minimum atomic E-state index is -0.867. The van der Waals surface area contributed by atoms with Crippen LogP contribution >= 0.6 is 0 Å². The molecule has 4 heteroatoms. The Balaban J connectivity index is 2.05. The zero-order chi connectivity index (χ0) is 9.97. The predicted molar refractivity (Wildman–Crippen MR) is 48.3 cm³/mol. The highest BCUT2D eigenvalue weighted by Gasteiger charge is 2.16. The van der Waals surface area contributed by atoms with Crippen molar-refractivity contribution >= 4 is 0 Å². The molecule has 2 nitrogen and oxygen atoms in total. The lowest BCUT2D eigenvalue weighted by Gasteiger charge is -2.12. The number of hydrogen-bond acceptors (Lipinski definition) is 2. The largest absolute Gasteiger partial charge is 0.489 e. The van der Waals surface area contributed by atoms with E-state index in [1.807, 2.05) is 0 Å². The molecule has 1 aliphatic rings. The van der Waals surface area contributed by atoms with E-state index in [0.29, 0.717) is 5.75 Å². The van der Waals surface area contributed by atoms with Crippen molar-refractivity contribution in [2.24, 2.45) is 0 Å². The average molecular weight is 199 g/mol. The molecule has 0 bridgehead atoms. The van der Waals surface area contributed by atoms with Crippen LogP contribution in [0.2, 0.25) is 0 Å². The molecule has 1 saturated heterocycles. The Hall–Kier alpha value is -1.16. The van der Waals surface area contributed by atoms with Gasteiger partial charge in [-0.1, -0.05) is 0 Å². The van der Waals surface area contributed by atoms with Crippen LogP contribution in [0.4, 0.5) is 8.78 Å². The first kappa shape index (κ1) is 9.40. The lowest BCUT2D eigenvalue weighted by atomic mass is 10.3. The fourth-order valence-corrected chi connectivity index (χ4v) is 1.47. The van der Waals surface area contributed by atoms with Gasteiger partial charge in [-0.15, -0.1) is 0 Å². The number of ether oxygens (including phenoxy) is 1. The zero-order valence-corrected chi connectivity index (χ0v) is 7.59. The van der Waals surface area contributed by atoms with E-state index in [1.165, 1.54) is 6.07 Å². The zero-order valence-electron chi connectivity index (χ0n) is 7.59. The van der Waals surface area contributed by atoms with Gasteiger partial charge in [-0.05, 0) is 25.1 Å². The molecule has 1 aromatic carbocycles. The lowest BCUT2D eigenvalue weighted by molar-refractivity contribution is 0.221. The van der Waals surface area contributed by atoms with Gasteiger partial charge in [-0.3, -0.25) is 0 Å². The van der Waals surface area contributed by atoms with Gasteiger partial charge in [0.25, 0.3) is 0 Å². The summed E-state index contributed by atoms with van der Waals surface area (Å²) in [6.45, 7) is 1.67. The SMILES string of the molecule is Fc1ccc(O[C@@H]2CCNC2)cc1F. The molecular weight excluding hydrogens is 188 g/mol. The van der Waals surface area contributed by atoms with E-state index in [-0.39, 0.29) is 6.10 Å². The maximum atomic E-state index is 12.8. The van der Waals surface area contributed by atoms with Crippen molar-refractivity contribution in [2.45, 2.75) is 12.5 Å². The number of benzene rings is 1. The van der Waals surface area contributed by atoms with Crippen LogP contribution in [0.3, 0.4) is 0 Å². The third-order valence-electron chi connectivity index (χ3n) is 2.21. The van der Waals surface area contributed by atoms with Crippen LogP contribution in [0.25, 0.3) is 0 Å². The van der Waals surface area contributed by atoms with Crippen molar-refractivity contribution in [1.82, 2.24) is 5.32 Å². The summed E-state index contributed by atoms with van der Waals surface area (Å²) in [6.07, 6.45) is 0.971. The summed E-state index contributed by atoms with van der Waals surface area (Å²) >= 11 is 0. The summed E-state index contributed by atoms with van der Waals surface area (Å²) in [5.41, 5.74) is 0. The highest BCUT2D eigenvalue weighted by atomic mass is 19.2. The Kier molecular flexibility index (Phi) is 2.63. The maximum Gasteiger partial charge on any atom is 0.162 e. The van der Waals surface area contributed by atoms with E-state index in [4.69, 9.17) is 4.74 Å². The predicted octanol–water partition coefficient (Wildman–Crippen LogP) is 1.71. The molecule has 0 aromatic heterocycles. The van der Waals surface area contributed by atoms with Crippen molar-refractivity contribution in [1.29, 1.82) is 0 Å². The van der Waals surface area contributed by atoms with Gasteiger partial charge in [-0.25, -0.2) is 8.78 Å². The summed E-state index contributed by atoms with van der Waals surface area (Å²) in [5, 5.41) is 3.13. The van der Waals surface area contributed by atoms with Crippen molar-refractivity contribution in [2.75, 3.05) is 13.1 Å². The summed E-state index contributed by atoms with van der Waals surface area (Å²) in [7, 11) is 0. The van der Waals surface area contributed by atoms with Crippen molar-refractivity contribution in [3.8, 4) is 5.75 Å². The third kappa shape index (κ3) is 2.01. The van der Waals surface area contributed by atoms with E-state index >= 15 is 0 Å². The van der Waals surface area contributed by atoms with Crippen LogP contribution in [0, 0.1) is 11.6 Å². The molecule has 0 amide bonds. The molecule has 1 aliphatic heterocycles. The van der Waals surface area contributed by atoms with Crippen LogP contribution in [-0.2, 0) is 0 Å². The van der Waals surface area contributed by atoms with E-state index in [2.05, 4.69) is 5.32 Å². The molecule has 1 fully saturated rings. The molecule has 0 unspecified atom stereocenters. The second kappa shape index (κ2) is 3.92. The first-order valence-electron chi connectivity index (χ1n) is 4.58. The smallest absolute Gasteiger partial charge is 0.162 e. The van der Waals surface area contributed by atoms with E-state index in [9.17, 15) is 8.78 Å². The van der Waals surface area contributed by atoms with Gasteiger partial charge in [0.1, 0.15) is 11.9 Å². The van der Waals surface area contributed by atoms with E-state index < -0.39 is 11.6 Å². The van der Waals surface area contributed by atoms with E-state index in [1.54, 1.807) is 0 Å². The quantitative estimate of drug-likeness (QED) is 0.782. The summed E-state index contributed by atoms with van der Waals surface area (Å²) < 4.78 is 30.8. The molecule has 2 rings (SSSR count). The van der Waals surface area contributed by atoms with Gasteiger partial charge in [0.2, 0.25) is 0 Å². The van der Waals surface area contributed by atoms with Gasteiger partial charge >= 0.3 is 0 Å². The first-order chi connectivity index (χ1) is 6.75. The number of nitrogens with one attached hydrogen (secondary N) is 1. The van der Waals surface area contributed by atoms with Crippen LogP contribution in [0.1, 0.15) is 6.42 Å². The monoisotopic (exact) mass is 199 g/mol. The van der Waals surface area contributed by atoms with Crippen LogP contribution < -0.4 is 10.1 Å². The second-order valence-corrected chi connectivity index (χ2v) is 3.31. The third-order valence-corrected chi connectivity index (χ3v) is 2.21. The molecule has 14 heavy (non-hydrogen) atoms. The minimum Gasteiger partial charge on any atom is -0.489 e. The number of rotatable bonds is 2. The molecule has 76 valence electrons. The standard InChI is InChI=1S/C10H11F2NO/c11-9-2-1-7(5-10(9)12)14-8-3-4-13-6-8/h1-2,5,8,13H,3-4,6H2/t8-/m1/s1. The summed E-state index contributed by atoms with van der Waals surface area (Å²) in [4.78, 5) is 0. The molecule has 0 radical (unpaired) electrons. The van der Waals surface area contributed by atoms with Gasteiger partial charge in [0.15, 0.2) is 11.6 Å². The Morgan fingerprint density at radius 1 is 1.29 bits per heavy atom. The molecule has 1 atom stereocenters. The molecular formula is C10H11F2NO. The fourth-order valence-electron chi connectivity index (χ4n) is 1.47. The second-order valence-electron chi connectivity index (χ2n) is 3.31. The molecule has 1 N–H and O–H groups in total. The van der Waals surface area contributed by atoms with Crippen molar-refractivity contribution in [3.05, 3.63) is 29.8 Å². The fraction of sp³-hybridized carbons (Fsp3) is 0.400. The highest BCUT2D eigenvalue weighted by molar-refractivity contribution is 5.24. The molecule has 0 spiro atoms. The van der Waals surface area contributed by atoms with Gasteiger partial charge in [-0.2, -0.15) is 0 Å². The van der Waals surface area contributed by atoms with Crippen molar-refractivity contribution < 1.29 is 13.5 Å². The number of halogens is 2. The maximum absolute atomic E-state index is 12.8. The summed E-state index contributed by atoms with van der Waals surface area (Å²) in [6, 6.07) is 3.59. The van der Waals surface area contributed by atoms with Crippen LogP contribution in [-0.4, -0.2) is 19.2 Å². The molecule has 0 aliphatic carbocycles. The number of hydrogen-bond donors (Lipinski definition) is 1. The topological polar surface area (TPSA) is 21.3 Å². The normalized spacial score (nSPS) is 21.1. The summed E-state index contributed by atoms with van der Waals surface area (Å²) in [5.74, 6) is -1.33. The lowest BCUT2D eigenvalue weighted by Crippen LogP contribution is -2.19. The van der Waals surface area contributed by atoms with Gasteiger partial charge < -0.3 is 10.1 Å². The molecule has 1 heterocycles. The minimum absolute atomic E-state index is 0.0693. The highest BCUT2D eigenvalue weighted by Crippen LogP contribution is 2.18. The van der Waals surface area contributed by atoms with Crippen LogP contribution in [0.15, 0.2) is 18.2 Å². The Bertz CT molecular complexity index is 324. The Morgan fingerprint density at radius 2 is 2.14 bits per heavy atom. The Morgan fingerprint density at radius 3 is 2.79 bits per heavy atom.